The predicted molar refractivity (Wildman–Crippen MR) is 133 cm³/mol. The number of nitrogens with one attached hydrogen (secondary N) is 2. The van der Waals surface area contributed by atoms with Gasteiger partial charge in [-0.1, -0.05) is 12.1 Å². The SMILES string of the molecule is COc1ccc(CCNC(=NCc2cccs2)NCCc2ccco2)cc1OC.I. The van der Waals surface area contributed by atoms with E-state index in [1.54, 1.807) is 31.8 Å². The highest BCUT2D eigenvalue weighted by atomic mass is 127. The second-order valence-corrected chi connectivity index (χ2v) is 7.40. The third-order valence-corrected chi connectivity index (χ3v) is 5.23. The van der Waals surface area contributed by atoms with Crippen LogP contribution < -0.4 is 20.1 Å². The molecule has 3 aromatic rings. The Morgan fingerprint density at radius 2 is 1.80 bits per heavy atom. The molecule has 0 aliphatic carbocycles. The largest absolute Gasteiger partial charge is 0.493 e. The van der Waals surface area contributed by atoms with E-state index in [2.05, 4.69) is 28.1 Å². The number of guanidine groups is 1. The maximum absolute atomic E-state index is 5.39. The molecule has 0 saturated heterocycles. The summed E-state index contributed by atoms with van der Waals surface area (Å²) >= 11 is 1.71. The first-order valence-electron chi connectivity index (χ1n) is 9.56. The van der Waals surface area contributed by atoms with Crippen molar-refractivity contribution in [2.75, 3.05) is 27.3 Å². The van der Waals surface area contributed by atoms with Gasteiger partial charge < -0.3 is 24.5 Å². The first kappa shape index (κ1) is 24.1. The van der Waals surface area contributed by atoms with Crippen molar-refractivity contribution in [3.63, 3.8) is 0 Å². The Balaban J connectivity index is 0.00000320. The quantitative estimate of drug-likeness (QED) is 0.225. The Bertz CT molecular complexity index is 883. The van der Waals surface area contributed by atoms with Crippen molar-refractivity contribution in [2.45, 2.75) is 19.4 Å². The maximum atomic E-state index is 5.39. The van der Waals surface area contributed by atoms with Crippen molar-refractivity contribution in [1.82, 2.24) is 10.6 Å². The van der Waals surface area contributed by atoms with Crippen LogP contribution >= 0.6 is 35.3 Å². The third kappa shape index (κ3) is 7.56. The molecule has 8 heteroatoms. The molecule has 0 bridgehead atoms. The van der Waals surface area contributed by atoms with Gasteiger partial charge in [-0.25, -0.2) is 4.99 Å². The molecule has 30 heavy (non-hydrogen) atoms. The number of hydrogen-bond acceptors (Lipinski definition) is 5. The number of furan rings is 1. The summed E-state index contributed by atoms with van der Waals surface area (Å²) in [6.07, 6.45) is 3.35. The topological polar surface area (TPSA) is 68.0 Å². The lowest BCUT2D eigenvalue weighted by atomic mass is 10.1. The molecule has 2 N–H and O–H groups in total. The number of nitrogens with zero attached hydrogens (tertiary/aromatic N) is 1. The number of aliphatic imine (C=N–C) groups is 1. The normalized spacial score (nSPS) is 10.9. The van der Waals surface area contributed by atoms with Gasteiger partial charge in [0.15, 0.2) is 17.5 Å². The third-order valence-electron chi connectivity index (χ3n) is 4.37. The average molecular weight is 541 g/mol. The van der Waals surface area contributed by atoms with Crippen LogP contribution in [-0.4, -0.2) is 33.3 Å². The summed E-state index contributed by atoms with van der Waals surface area (Å²) < 4.78 is 16.1. The minimum Gasteiger partial charge on any atom is -0.493 e. The van der Waals surface area contributed by atoms with E-state index in [1.165, 1.54) is 10.4 Å². The van der Waals surface area contributed by atoms with Gasteiger partial charge in [0.05, 0.1) is 27.0 Å². The molecule has 0 saturated carbocycles. The molecule has 2 heterocycles. The summed E-state index contributed by atoms with van der Waals surface area (Å²) in [5.74, 6) is 3.24. The molecule has 0 amide bonds. The summed E-state index contributed by atoms with van der Waals surface area (Å²) in [6, 6.07) is 14.0. The Kier molecular flexibility index (Phi) is 10.6. The minimum atomic E-state index is 0. The van der Waals surface area contributed by atoms with E-state index in [4.69, 9.17) is 18.9 Å². The number of thiophene rings is 1. The van der Waals surface area contributed by atoms with Gasteiger partial charge in [-0.3, -0.25) is 0 Å². The number of rotatable bonds is 10. The van der Waals surface area contributed by atoms with Crippen LogP contribution in [0.3, 0.4) is 0 Å². The summed E-state index contributed by atoms with van der Waals surface area (Å²) in [7, 11) is 3.29. The van der Waals surface area contributed by atoms with E-state index in [-0.39, 0.29) is 24.0 Å². The van der Waals surface area contributed by atoms with E-state index in [0.717, 1.165) is 49.1 Å². The smallest absolute Gasteiger partial charge is 0.191 e. The van der Waals surface area contributed by atoms with Crippen molar-refractivity contribution in [2.24, 2.45) is 4.99 Å². The van der Waals surface area contributed by atoms with Crippen LogP contribution in [0, 0.1) is 0 Å². The van der Waals surface area contributed by atoms with E-state index in [0.29, 0.717) is 6.54 Å². The second-order valence-electron chi connectivity index (χ2n) is 6.37. The number of benzene rings is 1. The Labute approximate surface area is 198 Å². The standard InChI is InChI=1S/C22H27N3O3S.HI/c1-26-20-8-7-17(15-21(20)27-2)9-11-23-22(25-16-19-6-4-14-29-19)24-12-10-18-5-3-13-28-18;/h3-8,13-15H,9-12,16H2,1-2H3,(H2,23,24,25);1H. The molecule has 2 aromatic heterocycles. The molecular weight excluding hydrogens is 513 g/mol. The molecule has 0 aliphatic heterocycles. The number of methoxy groups -OCH3 is 2. The summed E-state index contributed by atoms with van der Waals surface area (Å²) in [5, 5.41) is 8.87. The zero-order valence-electron chi connectivity index (χ0n) is 17.2. The van der Waals surface area contributed by atoms with Crippen molar-refractivity contribution in [3.8, 4) is 11.5 Å². The van der Waals surface area contributed by atoms with Crippen molar-refractivity contribution in [1.29, 1.82) is 0 Å². The first-order chi connectivity index (χ1) is 14.3. The van der Waals surface area contributed by atoms with Crippen LogP contribution in [0.5, 0.6) is 11.5 Å². The van der Waals surface area contributed by atoms with Crippen molar-refractivity contribution in [3.05, 3.63) is 70.3 Å². The van der Waals surface area contributed by atoms with E-state index in [9.17, 15) is 0 Å². The highest BCUT2D eigenvalue weighted by Gasteiger charge is 2.06. The summed E-state index contributed by atoms with van der Waals surface area (Å²) in [5.41, 5.74) is 1.17. The zero-order valence-corrected chi connectivity index (χ0v) is 20.4. The van der Waals surface area contributed by atoms with Gasteiger partial charge in [-0.15, -0.1) is 35.3 Å². The van der Waals surface area contributed by atoms with Crippen molar-refractivity contribution < 1.29 is 13.9 Å². The van der Waals surface area contributed by atoms with Gasteiger partial charge in [0.2, 0.25) is 0 Å². The fraction of sp³-hybridized carbons (Fsp3) is 0.318. The van der Waals surface area contributed by atoms with E-state index in [1.807, 2.05) is 30.3 Å². The highest BCUT2D eigenvalue weighted by Crippen LogP contribution is 2.27. The van der Waals surface area contributed by atoms with Gasteiger partial charge in [-0.2, -0.15) is 0 Å². The lowest BCUT2D eigenvalue weighted by Gasteiger charge is -2.13. The average Bonchev–Trinajstić information content (AvgIpc) is 3.45. The summed E-state index contributed by atoms with van der Waals surface area (Å²) in [6.45, 7) is 2.16. The highest BCUT2D eigenvalue weighted by molar-refractivity contribution is 14.0. The molecule has 162 valence electrons. The van der Waals surface area contributed by atoms with E-state index >= 15 is 0 Å². The minimum absolute atomic E-state index is 0. The maximum Gasteiger partial charge on any atom is 0.191 e. The lowest BCUT2D eigenvalue weighted by molar-refractivity contribution is 0.354. The molecule has 0 aliphatic rings. The van der Waals surface area contributed by atoms with Gasteiger partial charge in [0.1, 0.15) is 5.76 Å². The van der Waals surface area contributed by atoms with Gasteiger partial charge >= 0.3 is 0 Å². The van der Waals surface area contributed by atoms with E-state index < -0.39 is 0 Å². The zero-order chi connectivity index (χ0) is 20.3. The molecule has 0 spiro atoms. The fourth-order valence-electron chi connectivity index (χ4n) is 2.85. The Morgan fingerprint density at radius 3 is 2.47 bits per heavy atom. The van der Waals surface area contributed by atoms with Gasteiger partial charge in [0, 0.05) is 24.4 Å². The van der Waals surface area contributed by atoms with Crippen molar-refractivity contribution >= 4 is 41.3 Å². The number of hydrogen-bond donors (Lipinski definition) is 2. The Morgan fingerprint density at radius 1 is 1.00 bits per heavy atom. The molecular formula is C22H28IN3O3S. The van der Waals surface area contributed by atoms with Crippen LogP contribution in [0.1, 0.15) is 16.2 Å². The van der Waals surface area contributed by atoms with Crippen LogP contribution in [0.25, 0.3) is 0 Å². The van der Waals surface area contributed by atoms with Crippen LogP contribution in [-0.2, 0) is 19.4 Å². The number of ether oxygens (including phenoxy) is 2. The first-order valence-corrected chi connectivity index (χ1v) is 10.4. The fourth-order valence-corrected chi connectivity index (χ4v) is 3.48. The van der Waals surface area contributed by atoms with Gasteiger partial charge in [0.25, 0.3) is 0 Å². The number of halogens is 1. The Hall–Kier alpha value is -2.20. The molecule has 0 fully saturated rings. The van der Waals surface area contributed by atoms with Crippen LogP contribution in [0.4, 0.5) is 0 Å². The van der Waals surface area contributed by atoms with Crippen LogP contribution in [0.15, 0.2) is 63.5 Å². The molecule has 0 unspecified atom stereocenters. The lowest BCUT2D eigenvalue weighted by Crippen LogP contribution is -2.39. The molecule has 0 radical (unpaired) electrons. The second kappa shape index (κ2) is 13.2. The molecule has 0 atom stereocenters. The summed E-state index contributed by atoms with van der Waals surface area (Å²) in [4.78, 5) is 5.94. The molecule has 3 rings (SSSR count). The molecule has 6 nitrogen and oxygen atoms in total. The molecule has 1 aromatic carbocycles. The van der Waals surface area contributed by atoms with Crippen LogP contribution in [0.2, 0.25) is 0 Å². The van der Waals surface area contributed by atoms with Gasteiger partial charge in [-0.05, 0) is 47.7 Å². The predicted octanol–water partition coefficient (Wildman–Crippen LogP) is 4.50. The monoisotopic (exact) mass is 541 g/mol.